The molecule has 0 saturated heterocycles. The maximum absolute atomic E-state index is 13.4. The van der Waals surface area contributed by atoms with Crippen LogP contribution in [0.25, 0.3) is 10.2 Å². The Morgan fingerprint density at radius 3 is 2.74 bits per heavy atom. The third-order valence-electron chi connectivity index (χ3n) is 5.10. The molecule has 148 valence electrons. The van der Waals surface area contributed by atoms with E-state index in [1.807, 2.05) is 11.5 Å². The van der Waals surface area contributed by atoms with E-state index in [9.17, 15) is 9.59 Å². The van der Waals surface area contributed by atoms with Gasteiger partial charge in [-0.2, -0.15) is 0 Å². The highest BCUT2D eigenvalue weighted by Gasteiger charge is 2.24. The minimum absolute atomic E-state index is 0.0416. The fraction of sp³-hybridized carbons (Fsp3) is 0.650. The molecule has 3 rings (SSSR count). The summed E-state index contributed by atoms with van der Waals surface area (Å²) >= 11 is 3.08. The third kappa shape index (κ3) is 4.24. The smallest absolute Gasteiger partial charge is 0.263 e. The molecule has 0 N–H and O–H groups in total. The van der Waals surface area contributed by atoms with Crippen LogP contribution in [0, 0.1) is 0 Å². The van der Waals surface area contributed by atoms with E-state index in [1.165, 1.54) is 28.6 Å². The maximum Gasteiger partial charge on any atom is 0.263 e. The van der Waals surface area contributed by atoms with Gasteiger partial charge in [-0.25, -0.2) is 4.98 Å². The van der Waals surface area contributed by atoms with Gasteiger partial charge in [-0.05, 0) is 44.6 Å². The van der Waals surface area contributed by atoms with Crippen LogP contribution in [0.5, 0.6) is 0 Å². The van der Waals surface area contributed by atoms with Gasteiger partial charge >= 0.3 is 0 Å². The fourth-order valence-corrected chi connectivity index (χ4v) is 5.98. The number of aromatic nitrogens is 2. The highest BCUT2D eigenvalue weighted by molar-refractivity contribution is 8.00. The second kappa shape index (κ2) is 8.78. The first-order valence-electron chi connectivity index (χ1n) is 9.87. The highest BCUT2D eigenvalue weighted by atomic mass is 32.2. The Bertz CT molecular complexity index is 885. The summed E-state index contributed by atoms with van der Waals surface area (Å²) in [6, 6.07) is 0. The molecule has 0 bridgehead atoms. The molecule has 0 fully saturated rings. The van der Waals surface area contributed by atoms with E-state index in [0.717, 1.165) is 48.7 Å². The number of aryl methyl sites for hydroxylation is 2. The second-order valence-electron chi connectivity index (χ2n) is 7.44. The Balaban J connectivity index is 2.05. The lowest BCUT2D eigenvalue weighted by atomic mass is 9.97. The van der Waals surface area contributed by atoms with E-state index in [2.05, 4.69) is 6.92 Å². The lowest BCUT2D eigenvalue weighted by Crippen LogP contribution is -2.31. The van der Waals surface area contributed by atoms with Gasteiger partial charge in [0.25, 0.3) is 5.56 Å². The lowest BCUT2D eigenvalue weighted by molar-refractivity contribution is -0.127. The molecule has 2 aromatic rings. The Morgan fingerprint density at radius 1 is 1.30 bits per heavy atom. The van der Waals surface area contributed by atoms with Gasteiger partial charge in [0, 0.05) is 25.5 Å². The number of carbonyl (C=O) groups is 1. The van der Waals surface area contributed by atoms with Crippen molar-refractivity contribution in [1.29, 1.82) is 0 Å². The second-order valence-corrected chi connectivity index (χ2v) is 9.83. The van der Waals surface area contributed by atoms with E-state index in [4.69, 9.17) is 4.98 Å². The summed E-state index contributed by atoms with van der Waals surface area (Å²) in [5.41, 5.74) is 1.32. The maximum atomic E-state index is 13.4. The third-order valence-corrected chi connectivity index (χ3v) is 7.36. The first-order chi connectivity index (χ1) is 12.9. The Morgan fingerprint density at radius 2 is 2.04 bits per heavy atom. The zero-order chi connectivity index (χ0) is 19.6. The van der Waals surface area contributed by atoms with Crippen molar-refractivity contribution >= 4 is 39.2 Å². The molecule has 0 radical (unpaired) electrons. The number of thioether (sulfide) groups is 1. The Labute approximate surface area is 169 Å². The monoisotopic (exact) mass is 407 g/mol. The topological polar surface area (TPSA) is 55.2 Å². The largest absolute Gasteiger partial charge is 0.348 e. The summed E-state index contributed by atoms with van der Waals surface area (Å²) in [7, 11) is 3.52. The van der Waals surface area contributed by atoms with Crippen molar-refractivity contribution in [3.63, 3.8) is 0 Å². The van der Waals surface area contributed by atoms with Crippen LogP contribution in [0.4, 0.5) is 0 Å². The quantitative estimate of drug-likeness (QED) is 0.394. The first kappa shape index (κ1) is 20.4. The number of carbonyl (C=O) groups excluding carboxylic acids is 1. The number of nitrogens with zero attached hydrogens (tertiary/aromatic N) is 3. The molecule has 0 saturated carbocycles. The molecule has 2 aromatic heterocycles. The van der Waals surface area contributed by atoms with Gasteiger partial charge in [-0.1, -0.05) is 31.5 Å². The van der Waals surface area contributed by atoms with Crippen LogP contribution in [-0.2, 0) is 24.2 Å². The zero-order valence-electron chi connectivity index (χ0n) is 16.7. The molecule has 27 heavy (non-hydrogen) atoms. The highest BCUT2D eigenvalue weighted by Crippen LogP contribution is 2.35. The van der Waals surface area contributed by atoms with Gasteiger partial charge < -0.3 is 4.90 Å². The zero-order valence-corrected chi connectivity index (χ0v) is 18.3. The van der Waals surface area contributed by atoms with Gasteiger partial charge in [-0.15, -0.1) is 11.3 Å². The molecule has 1 aliphatic rings. The number of rotatable bonds is 7. The summed E-state index contributed by atoms with van der Waals surface area (Å²) in [6.07, 6.45) is 7.55. The predicted molar refractivity (Wildman–Crippen MR) is 114 cm³/mol. The molecule has 1 aliphatic carbocycles. The molecular weight excluding hydrogens is 378 g/mol. The van der Waals surface area contributed by atoms with Crippen molar-refractivity contribution in [3.05, 3.63) is 20.8 Å². The van der Waals surface area contributed by atoms with Crippen molar-refractivity contribution < 1.29 is 4.79 Å². The Kier molecular flexibility index (Phi) is 6.63. The predicted octanol–water partition coefficient (Wildman–Crippen LogP) is 4.10. The molecular formula is C20H29N3O2S2. The molecule has 1 amide bonds. The summed E-state index contributed by atoms with van der Waals surface area (Å²) in [4.78, 5) is 34.4. The standard InChI is InChI=1S/C20H29N3O2S2/c1-5-6-9-12-23-19(25)16-14-10-7-8-11-15(14)27-17(16)21-20(23)26-13(2)18(24)22(3)4/h13H,5-12H2,1-4H3. The first-order valence-corrected chi connectivity index (χ1v) is 11.6. The van der Waals surface area contributed by atoms with Crippen molar-refractivity contribution in [2.75, 3.05) is 14.1 Å². The number of hydrogen-bond donors (Lipinski definition) is 0. The average Bonchev–Trinajstić information content (AvgIpc) is 3.01. The van der Waals surface area contributed by atoms with E-state index >= 15 is 0 Å². The van der Waals surface area contributed by atoms with Gasteiger partial charge in [-0.3, -0.25) is 14.2 Å². The molecule has 0 aliphatic heterocycles. The van der Waals surface area contributed by atoms with Crippen molar-refractivity contribution in [2.45, 2.75) is 75.7 Å². The molecule has 0 spiro atoms. The fourth-order valence-electron chi connectivity index (χ4n) is 3.60. The molecule has 7 heteroatoms. The van der Waals surface area contributed by atoms with Crippen molar-refractivity contribution in [1.82, 2.24) is 14.5 Å². The normalized spacial score (nSPS) is 15.0. The van der Waals surface area contributed by atoms with Crippen LogP contribution in [0.1, 0.15) is 56.4 Å². The van der Waals surface area contributed by atoms with Crippen molar-refractivity contribution in [3.8, 4) is 0 Å². The molecule has 1 atom stereocenters. The van der Waals surface area contributed by atoms with Crippen LogP contribution in [-0.4, -0.2) is 39.7 Å². The summed E-state index contributed by atoms with van der Waals surface area (Å²) in [6.45, 7) is 4.72. The molecule has 2 heterocycles. The average molecular weight is 408 g/mol. The summed E-state index contributed by atoms with van der Waals surface area (Å²) < 4.78 is 1.82. The number of fused-ring (bicyclic) bond motifs is 3. The van der Waals surface area contributed by atoms with E-state index < -0.39 is 0 Å². The number of hydrogen-bond acceptors (Lipinski definition) is 5. The number of amides is 1. The van der Waals surface area contributed by atoms with Crippen LogP contribution < -0.4 is 5.56 Å². The number of thiophene rings is 1. The van der Waals surface area contributed by atoms with Gasteiger partial charge in [0.05, 0.1) is 10.6 Å². The minimum Gasteiger partial charge on any atom is -0.348 e. The summed E-state index contributed by atoms with van der Waals surface area (Å²) in [5.74, 6) is 0.0416. The van der Waals surface area contributed by atoms with Crippen LogP contribution in [0.3, 0.4) is 0 Å². The summed E-state index contributed by atoms with van der Waals surface area (Å²) in [5, 5.41) is 1.25. The van der Waals surface area contributed by atoms with Crippen LogP contribution in [0.15, 0.2) is 9.95 Å². The van der Waals surface area contributed by atoms with Crippen LogP contribution >= 0.6 is 23.1 Å². The SMILES string of the molecule is CCCCCn1c(SC(C)C(=O)N(C)C)nc2sc3c(c2c1=O)CCCC3. The van der Waals surface area contributed by atoms with Crippen molar-refractivity contribution in [2.24, 2.45) is 0 Å². The van der Waals surface area contributed by atoms with Crippen LogP contribution in [0.2, 0.25) is 0 Å². The minimum atomic E-state index is -0.267. The molecule has 1 unspecified atom stereocenters. The van der Waals surface area contributed by atoms with Gasteiger partial charge in [0.15, 0.2) is 5.16 Å². The van der Waals surface area contributed by atoms with Gasteiger partial charge in [0.1, 0.15) is 4.83 Å². The van der Waals surface area contributed by atoms with E-state index in [-0.39, 0.29) is 16.7 Å². The van der Waals surface area contributed by atoms with E-state index in [1.54, 1.807) is 30.3 Å². The Hall–Kier alpha value is -1.34. The van der Waals surface area contributed by atoms with Gasteiger partial charge in [0.2, 0.25) is 5.91 Å². The number of unbranched alkanes of at least 4 members (excludes halogenated alkanes) is 2. The molecule has 5 nitrogen and oxygen atoms in total. The molecule has 0 aromatic carbocycles. The van der Waals surface area contributed by atoms with E-state index in [0.29, 0.717) is 11.7 Å². The lowest BCUT2D eigenvalue weighted by Gasteiger charge is -2.18.